The Bertz CT molecular complexity index is 514. The Kier molecular flexibility index (Phi) is 4.97. The maximum Gasteiger partial charge on any atom is 0.257 e. The minimum Gasteiger partial charge on any atom is -0.496 e. The van der Waals surface area contributed by atoms with Gasteiger partial charge in [-0.05, 0) is 42.4 Å². The summed E-state index contributed by atoms with van der Waals surface area (Å²) in [6, 6.07) is 5.56. The number of carbonyl (C=O) groups excluding carboxylic acids is 1. The van der Waals surface area contributed by atoms with Crippen molar-refractivity contribution in [3.63, 3.8) is 0 Å². The van der Waals surface area contributed by atoms with Crippen molar-refractivity contribution in [2.75, 3.05) is 20.2 Å². The van der Waals surface area contributed by atoms with Crippen LogP contribution >= 0.6 is 15.9 Å². The number of methoxy groups -OCH3 is 1. The zero-order valence-electron chi connectivity index (χ0n) is 13.3. The molecule has 1 heterocycles. The van der Waals surface area contributed by atoms with Gasteiger partial charge in [-0.3, -0.25) is 4.79 Å². The van der Waals surface area contributed by atoms with Crippen LogP contribution in [0.2, 0.25) is 0 Å². The van der Waals surface area contributed by atoms with Gasteiger partial charge in [0, 0.05) is 17.6 Å². The van der Waals surface area contributed by atoms with Gasteiger partial charge in [-0.1, -0.05) is 36.7 Å². The topological polar surface area (TPSA) is 29.5 Å². The van der Waals surface area contributed by atoms with E-state index in [1.54, 1.807) is 7.11 Å². The molecule has 0 atom stereocenters. The molecule has 116 valence electrons. The van der Waals surface area contributed by atoms with Crippen molar-refractivity contribution in [3.05, 3.63) is 28.2 Å². The molecular weight excluding hydrogens is 330 g/mol. The molecule has 1 amide bonds. The fourth-order valence-corrected chi connectivity index (χ4v) is 3.30. The van der Waals surface area contributed by atoms with Gasteiger partial charge < -0.3 is 9.64 Å². The first kappa shape index (κ1) is 16.3. The summed E-state index contributed by atoms with van der Waals surface area (Å²) >= 11 is 3.41. The second kappa shape index (κ2) is 6.39. The molecule has 1 fully saturated rings. The zero-order valence-corrected chi connectivity index (χ0v) is 14.9. The number of hydrogen-bond acceptors (Lipinski definition) is 2. The number of rotatable bonds is 2. The Balaban J connectivity index is 2.09. The van der Waals surface area contributed by atoms with Gasteiger partial charge in [0.15, 0.2) is 0 Å². The summed E-state index contributed by atoms with van der Waals surface area (Å²) in [5.74, 6) is 1.40. The lowest BCUT2D eigenvalue weighted by atomic mass is 9.75. The van der Waals surface area contributed by atoms with E-state index >= 15 is 0 Å². The van der Waals surface area contributed by atoms with Crippen LogP contribution < -0.4 is 4.74 Å². The van der Waals surface area contributed by atoms with Gasteiger partial charge >= 0.3 is 0 Å². The molecule has 0 aromatic heterocycles. The van der Waals surface area contributed by atoms with Crippen LogP contribution in [0.4, 0.5) is 0 Å². The Morgan fingerprint density at radius 2 is 1.90 bits per heavy atom. The van der Waals surface area contributed by atoms with E-state index in [4.69, 9.17) is 4.74 Å². The molecule has 0 saturated carbocycles. The van der Waals surface area contributed by atoms with Crippen molar-refractivity contribution in [1.82, 2.24) is 4.90 Å². The number of hydrogen-bond donors (Lipinski definition) is 0. The van der Waals surface area contributed by atoms with Crippen LogP contribution in [0, 0.1) is 11.3 Å². The van der Waals surface area contributed by atoms with Gasteiger partial charge in [0.2, 0.25) is 0 Å². The molecule has 1 saturated heterocycles. The number of benzene rings is 1. The summed E-state index contributed by atoms with van der Waals surface area (Å²) < 4.78 is 6.25. The molecule has 0 aliphatic carbocycles. The van der Waals surface area contributed by atoms with Crippen molar-refractivity contribution >= 4 is 21.8 Å². The summed E-state index contributed by atoms with van der Waals surface area (Å²) in [5, 5.41) is 0. The third-order valence-corrected chi connectivity index (χ3v) is 4.89. The molecule has 21 heavy (non-hydrogen) atoms. The Labute approximate surface area is 135 Å². The van der Waals surface area contributed by atoms with E-state index < -0.39 is 0 Å². The minimum absolute atomic E-state index is 0.0757. The number of halogens is 1. The number of amides is 1. The summed E-state index contributed by atoms with van der Waals surface area (Å²) in [5.41, 5.74) is 0.972. The third kappa shape index (κ3) is 3.79. The van der Waals surface area contributed by atoms with Gasteiger partial charge in [-0.15, -0.1) is 0 Å². The predicted octanol–water partition coefficient (Wildman–Crippen LogP) is 4.36. The molecule has 4 heteroatoms. The highest BCUT2D eigenvalue weighted by Crippen LogP contribution is 2.35. The molecular formula is C17H24BrNO2. The second-order valence-corrected chi connectivity index (χ2v) is 7.69. The average Bonchev–Trinajstić information content (AvgIpc) is 2.45. The van der Waals surface area contributed by atoms with Gasteiger partial charge in [-0.2, -0.15) is 0 Å². The van der Waals surface area contributed by atoms with Crippen molar-refractivity contribution in [3.8, 4) is 5.75 Å². The van der Waals surface area contributed by atoms with Gasteiger partial charge in [0.1, 0.15) is 5.75 Å². The Hall–Kier alpha value is -1.03. The molecule has 0 unspecified atom stereocenters. The summed E-state index contributed by atoms with van der Waals surface area (Å²) in [7, 11) is 1.60. The quantitative estimate of drug-likeness (QED) is 0.790. The first-order valence-electron chi connectivity index (χ1n) is 7.45. The van der Waals surface area contributed by atoms with Crippen LogP contribution in [-0.2, 0) is 0 Å². The standard InChI is InChI=1S/C17H24BrNO2/c1-17(2,3)12-7-9-19(10-8-12)16(20)14-6-5-13(18)11-15(14)21-4/h5-6,11-12H,7-10H2,1-4H3. The molecule has 2 rings (SSSR count). The Morgan fingerprint density at radius 3 is 2.43 bits per heavy atom. The maximum absolute atomic E-state index is 12.7. The highest BCUT2D eigenvalue weighted by atomic mass is 79.9. The van der Waals surface area contributed by atoms with Crippen LogP contribution in [0.3, 0.4) is 0 Å². The van der Waals surface area contributed by atoms with Gasteiger partial charge in [0.25, 0.3) is 5.91 Å². The smallest absolute Gasteiger partial charge is 0.257 e. The predicted molar refractivity (Wildman–Crippen MR) is 88.8 cm³/mol. The van der Waals surface area contributed by atoms with Crippen LogP contribution in [0.1, 0.15) is 44.0 Å². The molecule has 1 aliphatic rings. The molecule has 3 nitrogen and oxygen atoms in total. The Morgan fingerprint density at radius 1 is 1.29 bits per heavy atom. The van der Waals surface area contributed by atoms with E-state index in [1.807, 2.05) is 23.1 Å². The number of carbonyl (C=O) groups is 1. The number of nitrogens with zero attached hydrogens (tertiary/aromatic N) is 1. The minimum atomic E-state index is 0.0757. The normalized spacial score (nSPS) is 16.9. The van der Waals surface area contributed by atoms with E-state index in [0.717, 1.165) is 30.4 Å². The van der Waals surface area contributed by atoms with Crippen LogP contribution in [0.25, 0.3) is 0 Å². The van der Waals surface area contributed by atoms with Gasteiger partial charge in [0.05, 0.1) is 12.7 Å². The van der Waals surface area contributed by atoms with E-state index in [9.17, 15) is 4.79 Å². The first-order valence-corrected chi connectivity index (χ1v) is 8.25. The lowest BCUT2D eigenvalue weighted by molar-refractivity contribution is 0.0605. The van der Waals surface area contributed by atoms with Crippen LogP contribution in [0.15, 0.2) is 22.7 Å². The van der Waals surface area contributed by atoms with Crippen molar-refractivity contribution in [2.24, 2.45) is 11.3 Å². The molecule has 1 aliphatic heterocycles. The lowest BCUT2D eigenvalue weighted by Gasteiger charge is -2.38. The molecule has 1 aromatic rings. The second-order valence-electron chi connectivity index (χ2n) is 6.78. The monoisotopic (exact) mass is 353 g/mol. The molecule has 1 aromatic carbocycles. The SMILES string of the molecule is COc1cc(Br)ccc1C(=O)N1CCC(C(C)(C)C)CC1. The summed E-state index contributed by atoms with van der Waals surface area (Å²) in [4.78, 5) is 14.6. The molecule has 0 bridgehead atoms. The summed E-state index contributed by atoms with van der Waals surface area (Å²) in [6.07, 6.45) is 2.15. The molecule has 0 spiro atoms. The average molecular weight is 354 g/mol. The number of ether oxygens (including phenoxy) is 1. The van der Waals surface area contributed by atoms with E-state index in [1.165, 1.54) is 0 Å². The van der Waals surface area contributed by atoms with Crippen molar-refractivity contribution in [2.45, 2.75) is 33.6 Å². The highest BCUT2D eigenvalue weighted by molar-refractivity contribution is 9.10. The van der Waals surface area contributed by atoms with Crippen LogP contribution in [0.5, 0.6) is 5.75 Å². The highest BCUT2D eigenvalue weighted by Gasteiger charge is 2.31. The fourth-order valence-electron chi connectivity index (χ4n) is 2.96. The van der Waals surface area contributed by atoms with Gasteiger partial charge in [-0.25, -0.2) is 0 Å². The van der Waals surface area contributed by atoms with Crippen molar-refractivity contribution < 1.29 is 9.53 Å². The van der Waals surface area contributed by atoms with Crippen molar-refractivity contribution in [1.29, 1.82) is 0 Å². The van der Waals surface area contributed by atoms with E-state index in [2.05, 4.69) is 36.7 Å². The maximum atomic E-state index is 12.7. The van der Waals surface area contributed by atoms with E-state index in [-0.39, 0.29) is 5.91 Å². The fraction of sp³-hybridized carbons (Fsp3) is 0.588. The lowest BCUT2D eigenvalue weighted by Crippen LogP contribution is -2.41. The molecule has 0 radical (unpaired) electrons. The molecule has 0 N–H and O–H groups in total. The number of likely N-dealkylation sites (tertiary alicyclic amines) is 1. The van der Waals surface area contributed by atoms with E-state index in [0.29, 0.717) is 22.6 Å². The number of piperidine rings is 1. The zero-order chi connectivity index (χ0) is 15.6. The third-order valence-electron chi connectivity index (χ3n) is 4.40. The van der Waals surface area contributed by atoms with Crippen LogP contribution in [-0.4, -0.2) is 31.0 Å². The first-order chi connectivity index (χ1) is 9.82. The largest absolute Gasteiger partial charge is 0.496 e. The summed E-state index contributed by atoms with van der Waals surface area (Å²) in [6.45, 7) is 8.52.